The summed E-state index contributed by atoms with van der Waals surface area (Å²) < 4.78 is 0. The molecule has 2 heteroatoms. The van der Waals surface area contributed by atoms with Gasteiger partial charge in [0.2, 0.25) is 5.91 Å². The van der Waals surface area contributed by atoms with Gasteiger partial charge >= 0.3 is 0 Å². The second-order valence-corrected chi connectivity index (χ2v) is 5.19. The summed E-state index contributed by atoms with van der Waals surface area (Å²) in [5.74, 6) is 0.172. The lowest BCUT2D eigenvalue weighted by Gasteiger charge is -2.45. The zero-order valence-electron chi connectivity index (χ0n) is 11.2. The van der Waals surface area contributed by atoms with Crippen molar-refractivity contribution in [3.8, 4) is 0 Å². The lowest BCUT2D eigenvalue weighted by atomic mass is 9.78. The summed E-state index contributed by atoms with van der Waals surface area (Å²) in [6, 6.07) is 18.7. The molecule has 1 fully saturated rings. The van der Waals surface area contributed by atoms with Crippen LogP contribution in [0.5, 0.6) is 0 Å². The van der Waals surface area contributed by atoms with E-state index in [2.05, 4.69) is 43.3 Å². The first-order valence-electron chi connectivity index (χ1n) is 6.56. The Morgan fingerprint density at radius 3 is 2.16 bits per heavy atom. The van der Waals surface area contributed by atoms with Gasteiger partial charge in [0.05, 0.1) is 12.0 Å². The third kappa shape index (κ3) is 1.93. The number of likely N-dealkylation sites (N-methyl/N-ethyl adjacent to an activating group) is 1. The summed E-state index contributed by atoms with van der Waals surface area (Å²) in [5.41, 5.74) is 3.54. The van der Waals surface area contributed by atoms with Crippen LogP contribution in [0.3, 0.4) is 0 Å². The van der Waals surface area contributed by atoms with Crippen LogP contribution in [0.1, 0.15) is 28.7 Å². The predicted molar refractivity (Wildman–Crippen MR) is 75.9 cm³/mol. The van der Waals surface area contributed by atoms with Crippen LogP contribution < -0.4 is 0 Å². The molecule has 0 saturated carbocycles. The van der Waals surface area contributed by atoms with E-state index in [9.17, 15) is 4.79 Å². The molecule has 1 saturated heterocycles. The fraction of sp³-hybridized carbons (Fsp3) is 0.235. The van der Waals surface area contributed by atoms with Crippen LogP contribution in [0.4, 0.5) is 0 Å². The van der Waals surface area contributed by atoms with Gasteiger partial charge in [0.1, 0.15) is 0 Å². The van der Waals surface area contributed by atoms with E-state index in [1.807, 2.05) is 30.1 Å². The van der Waals surface area contributed by atoms with Crippen molar-refractivity contribution in [1.82, 2.24) is 4.90 Å². The van der Waals surface area contributed by atoms with Gasteiger partial charge in [-0.15, -0.1) is 0 Å². The molecule has 2 aromatic carbocycles. The minimum atomic E-state index is -0.0343. The minimum Gasteiger partial charge on any atom is -0.337 e. The highest BCUT2D eigenvalue weighted by Crippen LogP contribution is 2.45. The molecule has 2 nitrogen and oxygen atoms in total. The predicted octanol–water partition coefficient (Wildman–Crippen LogP) is 3.29. The topological polar surface area (TPSA) is 20.3 Å². The number of benzene rings is 2. The van der Waals surface area contributed by atoms with Crippen molar-refractivity contribution in [3.05, 3.63) is 71.3 Å². The molecule has 0 spiro atoms. The van der Waals surface area contributed by atoms with Gasteiger partial charge in [-0.1, -0.05) is 60.2 Å². The van der Waals surface area contributed by atoms with Crippen LogP contribution in [0.2, 0.25) is 0 Å². The van der Waals surface area contributed by atoms with Crippen molar-refractivity contribution < 1.29 is 4.79 Å². The number of likely N-dealkylation sites (tertiary alicyclic amines) is 1. The molecular weight excluding hydrogens is 234 g/mol. The molecule has 1 aliphatic rings. The number of rotatable bonds is 2. The third-order valence-electron chi connectivity index (χ3n) is 3.92. The smallest absolute Gasteiger partial charge is 0.232 e. The number of β-lactam (4-membered cyclic amide) rings is 1. The second-order valence-electron chi connectivity index (χ2n) is 5.19. The number of aryl methyl sites for hydroxylation is 1. The van der Waals surface area contributed by atoms with E-state index in [4.69, 9.17) is 0 Å². The largest absolute Gasteiger partial charge is 0.337 e. The molecule has 0 aliphatic carbocycles. The van der Waals surface area contributed by atoms with Crippen molar-refractivity contribution in [2.75, 3.05) is 7.05 Å². The molecule has 2 atom stereocenters. The highest BCUT2D eigenvalue weighted by atomic mass is 16.2. The Bertz CT molecular complexity index is 588. The van der Waals surface area contributed by atoms with E-state index in [1.54, 1.807) is 0 Å². The van der Waals surface area contributed by atoms with E-state index in [1.165, 1.54) is 11.1 Å². The quantitative estimate of drug-likeness (QED) is 0.750. The molecule has 19 heavy (non-hydrogen) atoms. The molecule has 0 bridgehead atoms. The van der Waals surface area contributed by atoms with Crippen molar-refractivity contribution in [1.29, 1.82) is 0 Å². The van der Waals surface area contributed by atoms with Gasteiger partial charge in [-0.25, -0.2) is 0 Å². The van der Waals surface area contributed by atoms with E-state index in [0.717, 1.165) is 5.56 Å². The van der Waals surface area contributed by atoms with Crippen LogP contribution >= 0.6 is 0 Å². The molecule has 1 amide bonds. The van der Waals surface area contributed by atoms with Crippen molar-refractivity contribution in [2.45, 2.75) is 18.9 Å². The molecule has 0 N–H and O–H groups in total. The first kappa shape index (κ1) is 12.0. The zero-order valence-corrected chi connectivity index (χ0v) is 11.2. The molecule has 0 radical (unpaired) electrons. The van der Waals surface area contributed by atoms with Crippen molar-refractivity contribution in [2.24, 2.45) is 0 Å². The fourth-order valence-electron chi connectivity index (χ4n) is 2.80. The standard InChI is InChI=1S/C17H17NO/c1-12-8-10-13(11-9-12)15-16(18(2)17(15)19)14-6-4-3-5-7-14/h3-11,15-16H,1-2H3/t15-,16-/m1/s1. The maximum absolute atomic E-state index is 12.2. The maximum atomic E-state index is 12.2. The molecule has 0 aromatic heterocycles. The van der Waals surface area contributed by atoms with Crippen LogP contribution in [0, 0.1) is 6.92 Å². The number of amides is 1. The van der Waals surface area contributed by atoms with Gasteiger partial charge in [0, 0.05) is 7.05 Å². The van der Waals surface area contributed by atoms with E-state index in [0.29, 0.717) is 0 Å². The molecule has 2 aromatic rings. The normalized spacial score (nSPS) is 22.2. The number of hydrogen-bond acceptors (Lipinski definition) is 1. The van der Waals surface area contributed by atoms with Gasteiger partial charge in [0.25, 0.3) is 0 Å². The Morgan fingerprint density at radius 1 is 0.895 bits per heavy atom. The Hall–Kier alpha value is -2.09. The molecular formula is C17H17NO. The highest BCUT2D eigenvalue weighted by Gasteiger charge is 2.46. The fourth-order valence-corrected chi connectivity index (χ4v) is 2.80. The van der Waals surface area contributed by atoms with Gasteiger partial charge in [-0.3, -0.25) is 4.79 Å². The monoisotopic (exact) mass is 251 g/mol. The van der Waals surface area contributed by atoms with Gasteiger partial charge < -0.3 is 4.90 Å². The SMILES string of the molecule is Cc1ccc([C@H]2C(=O)N(C)[C@@H]2c2ccccc2)cc1. The summed E-state index contributed by atoms with van der Waals surface area (Å²) in [7, 11) is 1.88. The summed E-state index contributed by atoms with van der Waals surface area (Å²) in [6.07, 6.45) is 0. The lowest BCUT2D eigenvalue weighted by molar-refractivity contribution is -0.147. The number of nitrogens with zero attached hydrogens (tertiary/aromatic N) is 1. The average Bonchev–Trinajstić information content (AvgIpc) is 2.46. The van der Waals surface area contributed by atoms with Crippen molar-refractivity contribution >= 4 is 5.91 Å². The van der Waals surface area contributed by atoms with Crippen LogP contribution in [0.15, 0.2) is 54.6 Å². The van der Waals surface area contributed by atoms with Crippen LogP contribution in [-0.2, 0) is 4.79 Å². The lowest BCUT2D eigenvalue weighted by Crippen LogP contribution is -2.50. The second kappa shape index (κ2) is 4.54. The first-order valence-corrected chi connectivity index (χ1v) is 6.56. The number of carbonyl (C=O) groups is 1. The van der Waals surface area contributed by atoms with E-state index >= 15 is 0 Å². The molecule has 0 unspecified atom stereocenters. The third-order valence-corrected chi connectivity index (χ3v) is 3.92. The van der Waals surface area contributed by atoms with Crippen LogP contribution in [-0.4, -0.2) is 17.9 Å². The average molecular weight is 251 g/mol. The Morgan fingerprint density at radius 2 is 1.53 bits per heavy atom. The maximum Gasteiger partial charge on any atom is 0.232 e. The Kier molecular flexibility index (Phi) is 2.86. The molecule has 1 aliphatic heterocycles. The summed E-state index contributed by atoms with van der Waals surface area (Å²) in [5, 5.41) is 0. The summed E-state index contributed by atoms with van der Waals surface area (Å²) in [6.45, 7) is 2.06. The molecule has 96 valence electrons. The van der Waals surface area contributed by atoms with E-state index < -0.39 is 0 Å². The molecule has 1 heterocycles. The Labute approximate surface area is 113 Å². The molecule has 3 rings (SSSR count). The van der Waals surface area contributed by atoms with Gasteiger partial charge in [0.15, 0.2) is 0 Å². The number of hydrogen-bond donors (Lipinski definition) is 0. The minimum absolute atomic E-state index is 0.0343. The number of carbonyl (C=O) groups excluding carboxylic acids is 1. The van der Waals surface area contributed by atoms with Crippen LogP contribution in [0.25, 0.3) is 0 Å². The first-order chi connectivity index (χ1) is 9.18. The van der Waals surface area contributed by atoms with Gasteiger partial charge in [-0.05, 0) is 18.1 Å². The summed E-state index contributed by atoms with van der Waals surface area (Å²) in [4.78, 5) is 14.0. The zero-order chi connectivity index (χ0) is 13.4. The van der Waals surface area contributed by atoms with Gasteiger partial charge in [-0.2, -0.15) is 0 Å². The van der Waals surface area contributed by atoms with Crippen molar-refractivity contribution in [3.63, 3.8) is 0 Å². The summed E-state index contributed by atoms with van der Waals surface area (Å²) >= 11 is 0. The Balaban J connectivity index is 1.96. The van der Waals surface area contributed by atoms with E-state index in [-0.39, 0.29) is 17.9 Å². The highest BCUT2D eigenvalue weighted by molar-refractivity contribution is 5.91.